The third-order valence-electron chi connectivity index (χ3n) is 4.22. The van der Waals surface area contributed by atoms with Gasteiger partial charge in [0.1, 0.15) is 5.75 Å². The normalized spacial score (nSPS) is 15.3. The number of amides is 1. The van der Waals surface area contributed by atoms with Gasteiger partial charge in [-0.3, -0.25) is 4.79 Å². The van der Waals surface area contributed by atoms with Gasteiger partial charge in [0.05, 0.1) is 13.7 Å². The van der Waals surface area contributed by atoms with Gasteiger partial charge in [0.25, 0.3) is 0 Å². The van der Waals surface area contributed by atoms with Gasteiger partial charge in [-0.05, 0) is 60.6 Å². The summed E-state index contributed by atoms with van der Waals surface area (Å²) in [5.41, 5.74) is 2.35. The maximum atomic E-state index is 12.2. The zero-order valence-corrected chi connectivity index (χ0v) is 14.1. The minimum atomic E-state index is 0.164. The predicted octanol–water partition coefficient (Wildman–Crippen LogP) is 3.04. The van der Waals surface area contributed by atoms with Gasteiger partial charge in [0.15, 0.2) is 0 Å². The summed E-state index contributed by atoms with van der Waals surface area (Å²) in [4.78, 5) is 13.3. The molecular weight excluding hydrogens is 308 g/mol. The summed E-state index contributed by atoms with van der Waals surface area (Å²) < 4.78 is 5.18. The molecule has 1 aliphatic rings. The lowest BCUT2D eigenvalue weighted by atomic mass is 9.97. The van der Waals surface area contributed by atoms with E-state index in [0.29, 0.717) is 6.54 Å². The molecule has 122 valence electrons. The van der Waals surface area contributed by atoms with Crippen molar-refractivity contribution < 1.29 is 9.53 Å². The van der Waals surface area contributed by atoms with Gasteiger partial charge >= 0.3 is 0 Å². The smallest absolute Gasteiger partial charge is 0.223 e. The predicted molar refractivity (Wildman–Crippen MR) is 93.7 cm³/mol. The molecule has 1 aromatic carbocycles. The van der Waals surface area contributed by atoms with Crippen molar-refractivity contribution in [2.45, 2.75) is 19.4 Å². The van der Waals surface area contributed by atoms with Gasteiger partial charge in [-0.15, -0.1) is 11.3 Å². The van der Waals surface area contributed by atoms with Crippen molar-refractivity contribution >= 4 is 17.2 Å². The average Bonchev–Trinajstić information content (AvgIpc) is 3.09. The number of carbonyl (C=O) groups is 1. The molecule has 2 aromatic rings. The highest BCUT2D eigenvalue weighted by molar-refractivity contribution is 7.10. The number of methoxy groups -OCH3 is 1. The Hall–Kier alpha value is -1.85. The molecule has 0 spiro atoms. The van der Waals surface area contributed by atoms with E-state index in [2.05, 4.69) is 34.2 Å². The highest BCUT2D eigenvalue weighted by Gasteiger charge is 2.20. The van der Waals surface area contributed by atoms with E-state index >= 15 is 0 Å². The third-order valence-corrected chi connectivity index (χ3v) is 5.16. The number of ether oxygens (including phenoxy) is 1. The van der Waals surface area contributed by atoms with Crippen LogP contribution in [0.15, 0.2) is 35.7 Å². The van der Waals surface area contributed by atoms with Gasteiger partial charge in [-0.25, -0.2) is 0 Å². The Labute approximate surface area is 140 Å². The molecule has 2 N–H and O–H groups in total. The van der Waals surface area contributed by atoms with Gasteiger partial charge in [0, 0.05) is 10.8 Å². The second-order valence-corrected chi connectivity index (χ2v) is 6.77. The summed E-state index contributed by atoms with van der Waals surface area (Å²) in [5.74, 6) is 1.21. The molecule has 5 heteroatoms. The first-order chi connectivity index (χ1) is 11.3. The van der Waals surface area contributed by atoms with E-state index in [-0.39, 0.29) is 11.8 Å². The lowest BCUT2D eigenvalue weighted by Crippen LogP contribution is -2.37. The molecule has 23 heavy (non-hydrogen) atoms. The van der Waals surface area contributed by atoms with Crippen LogP contribution in [-0.2, 0) is 11.3 Å². The van der Waals surface area contributed by atoms with E-state index < -0.39 is 0 Å². The van der Waals surface area contributed by atoms with Gasteiger partial charge in [-0.2, -0.15) is 0 Å². The molecule has 3 rings (SSSR count). The van der Waals surface area contributed by atoms with Gasteiger partial charge in [-0.1, -0.05) is 12.1 Å². The van der Waals surface area contributed by atoms with Crippen molar-refractivity contribution in [3.63, 3.8) is 0 Å². The summed E-state index contributed by atoms with van der Waals surface area (Å²) in [6.45, 7) is 2.50. The topological polar surface area (TPSA) is 50.4 Å². The Morgan fingerprint density at radius 2 is 2.00 bits per heavy atom. The molecule has 4 nitrogen and oxygen atoms in total. The van der Waals surface area contributed by atoms with E-state index in [1.165, 1.54) is 10.4 Å². The van der Waals surface area contributed by atoms with Crippen molar-refractivity contribution in [3.05, 3.63) is 40.6 Å². The molecule has 0 aliphatic carbocycles. The number of thiophene rings is 1. The van der Waals surface area contributed by atoms with Crippen LogP contribution >= 0.6 is 11.3 Å². The highest BCUT2D eigenvalue weighted by Crippen LogP contribution is 2.27. The van der Waals surface area contributed by atoms with Crippen molar-refractivity contribution in [1.82, 2.24) is 10.6 Å². The molecule has 0 atom stereocenters. The fraction of sp³-hybridized carbons (Fsp3) is 0.389. The second-order valence-electron chi connectivity index (χ2n) is 5.77. The van der Waals surface area contributed by atoms with E-state index in [0.717, 1.165) is 37.2 Å². The fourth-order valence-electron chi connectivity index (χ4n) is 2.81. The van der Waals surface area contributed by atoms with Crippen molar-refractivity contribution in [2.75, 3.05) is 20.2 Å². The Balaban J connectivity index is 1.57. The van der Waals surface area contributed by atoms with Gasteiger partial charge < -0.3 is 15.4 Å². The monoisotopic (exact) mass is 330 g/mol. The van der Waals surface area contributed by atoms with E-state index in [1.807, 2.05) is 12.1 Å². The Kier molecular flexibility index (Phi) is 5.31. The summed E-state index contributed by atoms with van der Waals surface area (Å²) >= 11 is 1.68. The van der Waals surface area contributed by atoms with E-state index in [4.69, 9.17) is 4.74 Å². The number of rotatable bonds is 5. The molecule has 1 fully saturated rings. The zero-order valence-electron chi connectivity index (χ0n) is 13.3. The lowest BCUT2D eigenvalue weighted by Gasteiger charge is -2.21. The summed E-state index contributed by atoms with van der Waals surface area (Å²) in [6, 6.07) is 10.2. The summed E-state index contributed by atoms with van der Waals surface area (Å²) in [7, 11) is 1.67. The zero-order chi connectivity index (χ0) is 16.1. The first-order valence-electron chi connectivity index (χ1n) is 7.96. The van der Waals surface area contributed by atoms with Crippen LogP contribution in [0.1, 0.15) is 17.7 Å². The number of carbonyl (C=O) groups excluding carboxylic acids is 1. The molecular formula is C18H22N2O2S. The largest absolute Gasteiger partial charge is 0.497 e. The summed E-state index contributed by atoms with van der Waals surface area (Å²) in [6.07, 6.45) is 1.88. The van der Waals surface area contributed by atoms with Crippen molar-refractivity contribution in [1.29, 1.82) is 0 Å². The minimum absolute atomic E-state index is 0.164. The maximum Gasteiger partial charge on any atom is 0.223 e. The molecule has 1 aliphatic heterocycles. The molecule has 1 aromatic heterocycles. The molecule has 0 bridgehead atoms. The fourth-order valence-corrected chi connectivity index (χ4v) is 3.64. The maximum absolute atomic E-state index is 12.2. The van der Waals surface area contributed by atoms with Crippen LogP contribution in [0.2, 0.25) is 0 Å². The number of benzene rings is 1. The second kappa shape index (κ2) is 7.62. The lowest BCUT2D eigenvalue weighted by molar-refractivity contribution is -0.125. The standard InChI is InChI=1S/C18H22N2O2S/c1-22-16-4-2-13(3-5-16)15-10-17(23-12-15)11-20-18(21)14-6-8-19-9-7-14/h2-5,10,12,14,19H,6-9,11H2,1H3,(H,20,21). The highest BCUT2D eigenvalue weighted by atomic mass is 32.1. The molecule has 0 unspecified atom stereocenters. The molecule has 1 saturated heterocycles. The first-order valence-corrected chi connectivity index (χ1v) is 8.84. The van der Waals surface area contributed by atoms with Crippen LogP contribution in [0.3, 0.4) is 0 Å². The Morgan fingerprint density at radius 3 is 2.70 bits per heavy atom. The van der Waals surface area contributed by atoms with Crippen LogP contribution in [-0.4, -0.2) is 26.1 Å². The SMILES string of the molecule is COc1ccc(-c2csc(CNC(=O)C3CCNCC3)c2)cc1. The number of piperidine rings is 1. The first kappa shape index (κ1) is 16.0. The van der Waals surface area contributed by atoms with E-state index in [9.17, 15) is 4.79 Å². The van der Waals surface area contributed by atoms with Gasteiger partial charge in [0.2, 0.25) is 5.91 Å². The van der Waals surface area contributed by atoms with Crippen LogP contribution in [0.25, 0.3) is 11.1 Å². The van der Waals surface area contributed by atoms with Crippen LogP contribution < -0.4 is 15.4 Å². The molecule has 0 saturated carbocycles. The average molecular weight is 330 g/mol. The number of nitrogens with one attached hydrogen (secondary N) is 2. The van der Waals surface area contributed by atoms with Crippen LogP contribution in [0.5, 0.6) is 5.75 Å². The minimum Gasteiger partial charge on any atom is -0.497 e. The van der Waals surface area contributed by atoms with Crippen molar-refractivity contribution in [2.24, 2.45) is 5.92 Å². The molecule has 2 heterocycles. The Bertz CT molecular complexity index is 645. The quantitative estimate of drug-likeness (QED) is 0.886. The van der Waals surface area contributed by atoms with E-state index in [1.54, 1.807) is 18.4 Å². The molecule has 0 radical (unpaired) electrons. The number of hydrogen-bond donors (Lipinski definition) is 2. The van der Waals surface area contributed by atoms with Crippen molar-refractivity contribution in [3.8, 4) is 16.9 Å². The number of hydrogen-bond acceptors (Lipinski definition) is 4. The Morgan fingerprint density at radius 1 is 1.26 bits per heavy atom. The summed E-state index contributed by atoms with van der Waals surface area (Å²) in [5, 5.41) is 8.49. The molecule has 1 amide bonds. The third kappa shape index (κ3) is 4.12. The van der Waals surface area contributed by atoms with Crippen LogP contribution in [0, 0.1) is 5.92 Å². The van der Waals surface area contributed by atoms with Crippen LogP contribution in [0.4, 0.5) is 0 Å².